The number of benzene rings is 1. The zero-order valence-electron chi connectivity index (χ0n) is 14.8. The van der Waals surface area contributed by atoms with E-state index in [4.69, 9.17) is 5.26 Å². The predicted octanol–water partition coefficient (Wildman–Crippen LogP) is 2.63. The third-order valence-electron chi connectivity index (χ3n) is 6.58. The fraction of sp³-hybridized carbons (Fsp3) is 0.619. The van der Waals surface area contributed by atoms with Crippen molar-refractivity contribution in [3.8, 4) is 6.07 Å². The second-order valence-electron chi connectivity index (χ2n) is 8.05. The maximum atomic E-state index is 12.7. The fourth-order valence-corrected chi connectivity index (χ4v) is 4.99. The molecule has 2 atom stereocenters. The van der Waals surface area contributed by atoms with Crippen molar-refractivity contribution in [2.24, 2.45) is 11.8 Å². The highest BCUT2D eigenvalue weighted by Gasteiger charge is 2.59. The van der Waals surface area contributed by atoms with Gasteiger partial charge in [0.1, 0.15) is 0 Å². The Labute approximate surface area is 150 Å². The standard InChI is InChI=1S/C21H27N3O/c22-10-13-24-11-7-16(8-12-24)15-23-20(25)19-14-21(19)9-3-5-17-4-1-2-6-18(17)21/h1-2,4,6,16,19H,3,5,7-9,11-15H2,(H,23,25)/t19-,21-/m0/s1. The van der Waals surface area contributed by atoms with Gasteiger partial charge in [-0.3, -0.25) is 9.69 Å². The van der Waals surface area contributed by atoms with Crippen molar-refractivity contribution in [2.75, 3.05) is 26.2 Å². The lowest BCUT2D eigenvalue weighted by molar-refractivity contribution is -0.123. The molecule has 1 saturated heterocycles. The molecule has 1 spiro atoms. The minimum absolute atomic E-state index is 0.134. The number of likely N-dealkylation sites (tertiary alicyclic amines) is 1. The summed E-state index contributed by atoms with van der Waals surface area (Å²) in [6, 6.07) is 10.9. The van der Waals surface area contributed by atoms with Crippen LogP contribution < -0.4 is 5.32 Å². The molecule has 25 heavy (non-hydrogen) atoms. The van der Waals surface area contributed by atoms with Gasteiger partial charge in [0.25, 0.3) is 0 Å². The number of carbonyl (C=O) groups is 1. The summed E-state index contributed by atoms with van der Waals surface area (Å²) in [7, 11) is 0. The van der Waals surface area contributed by atoms with E-state index in [0.717, 1.165) is 51.7 Å². The third-order valence-corrected chi connectivity index (χ3v) is 6.58. The molecule has 0 aromatic heterocycles. The molecule has 3 aliphatic rings. The summed E-state index contributed by atoms with van der Waals surface area (Å²) in [6.45, 7) is 3.29. The Balaban J connectivity index is 1.31. The van der Waals surface area contributed by atoms with E-state index >= 15 is 0 Å². The number of amides is 1. The Bertz CT molecular complexity index is 687. The molecular formula is C21H27N3O. The van der Waals surface area contributed by atoms with E-state index in [1.165, 1.54) is 17.5 Å². The molecule has 4 rings (SSSR count). The van der Waals surface area contributed by atoms with Crippen molar-refractivity contribution in [3.05, 3.63) is 35.4 Å². The summed E-state index contributed by atoms with van der Waals surface area (Å²) in [5.74, 6) is 0.996. The van der Waals surface area contributed by atoms with Crippen LogP contribution in [0.25, 0.3) is 0 Å². The van der Waals surface area contributed by atoms with E-state index in [2.05, 4.69) is 40.6 Å². The van der Waals surface area contributed by atoms with Gasteiger partial charge in [-0.15, -0.1) is 0 Å². The number of nitrogens with one attached hydrogen (secondary N) is 1. The molecule has 4 nitrogen and oxygen atoms in total. The topological polar surface area (TPSA) is 56.1 Å². The second kappa shape index (κ2) is 6.80. The van der Waals surface area contributed by atoms with Crippen LogP contribution in [-0.2, 0) is 16.6 Å². The van der Waals surface area contributed by atoms with E-state index in [1.807, 2.05) is 0 Å². The smallest absolute Gasteiger partial charge is 0.224 e. The number of aryl methyl sites for hydroxylation is 1. The normalized spacial score (nSPS) is 29.0. The fourth-order valence-electron chi connectivity index (χ4n) is 4.99. The molecule has 2 fully saturated rings. The van der Waals surface area contributed by atoms with Crippen LogP contribution in [0.5, 0.6) is 0 Å². The number of hydrogen-bond donors (Lipinski definition) is 1. The monoisotopic (exact) mass is 337 g/mol. The van der Waals surface area contributed by atoms with Gasteiger partial charge in [-0.25, -0.2) is 0 Å². The van der Waals surface area contributed by atoms with Crippen LogP contribution in [0.4, 0.5) is 0 Å². The van der Waals surface area contributed by atoms with Crippen LogP contribution in [0.2, 0.25) is 0 Å². The van der Waals surface area contributed by atoms with Gasteiger partial charge in [-0.05, 0) is 68.7 Å². The van der Waals surface area contributed by atoms with Crippen molar-refractivity contribution in [1.82, 2.24) is 10.2 Å². The lowest BCUT2D eigenvalue weighted by Gasteiger charge is -2.30. The zero-order chi connectivity index (χ0) is 17.3. The molecule has 1 aliphatic heterocycles. The maximum Gasteiger partial charge on any atom is 0.224 e. The van der Waals surface area contributed by atoms with Crippen LogP contribution in [0, 0.1) is 23.2 Å². The summed E-state index contributed by atoms with van der Waals surface area (Å²) < 4.78 is 0. The number of piperidine rings is 1. The SMILES string of the molecule is N#CCN1CCC(CNC(=O)[C@@H]2C[C@]23CCCc2ccccc23)CC1. The molecule has 1 amide bonds. The molecule has 0 radical (unpaired) electrons. The van der Waals surface area contributed by atoms with Gasteiger partial charge in [0.2, 0.25) is 5.91 Å². The number of hydrogen-bond acceptors (Lipinski definition) is 3. The average Bonchev–Trinajstić information content (AvgIpc) is 3.36. The van der Waals surface area contributed by atoms with Crippen LogP contribution in [0.15, 0.2) is 24.3 Å². The maximum absolute atomic E-state index is 12.7. The summed E-state index contributed by atoms with van der Waals surface area (Å²) >= 11 is 0. The van der Waals surface area contributed by atoms with Gasteiger partial charge >= 0.3 is 0 Å². The number of nitrogens with zero attached hydrogens (tertiary/aromatic N) is 2. The summed E-state index contributed by atoms with van der Waals surface area (Å²) in [4.78, 5) is 14.9. The third kappa shape index (κ3) is 3.18. The molecule has 0 bridgehead atoms. The average molecular weight is 337 g/mol. The molecule has 1 saturated carbocycles. The van der Waals surface area contributed by atoms with Crippen LogP contribution in [-0.4, -0.2) is 37.0 Å². The zero-order valence-corrected chi connectivity index (χ0v) is 14.8. The lowest BCUT2D eigenvalue weighted by atomic mass is 9.78. The van der Waals surface area contributed by atoms with Gasteiger partial charge in [0.05, 0.1) is 12.6 Å². The summed E-state index contributed by atoms with van der Waals surface area (Å²) in [5.41, 5.74) is 3.02. The van der Waals surface area contributed by atoms with Gasteiger partial charge in [0.15, 0.2) is 0 Å². The van der Waals surface area contributed by atoms with Crippen LogP contribution in [0.1, 0.15) is 43.2 Å². The molecular weight excluding hydrogens is 310 g/mol. The van der Waals surface area contributed by atoms with E-state index in [0.29, 0.717) is 12.5 Å². The summed E-state index contributed by atoms with van der Waals surface area (Å²) in [5, 5.41) is 12.0. The predicted molar refractivity (Wildman–Crippen MR) is 97.0 cm³/mol. The van der Waals surface area contributed by atoms with E-state index in [1.54, 1.807) is 0 Å². The van der Waals surface area contributed by atoms with Gasteiger partial charge in [0, 0.05) is 17.9 Å². The molecule has 1 heterocycles. The molecule has 1 aromatic rings. The Morgan fingerprint density at radius 3 is 2.92 bits per heavy atom. The first-order chi connectivity index (χ1) is 12.2. The first kappa shape index (κ1) is 16.6. The van der Waals surface area contributed by atoms with Crippen LogP contribution >= 0.6 is 0 Å². The quantitative estimate of drug-likeness (QED) is 0.859. The van der Waals surface area contributed by atoms with Gasteiger partial charge < -0.3 is 5.32 Å². The van der Waals surface area contributed by atoms with Gasteiger partial charge in [-0.2, -0.15) is 5.26 Å². The lowest BCUT2D eigenvalue weighted by Crippen LogP contribution is -2.39. The Morgan fingerprint density at radius 2 is 2.12 bits per heavy atom. The largest absolute Gasteiger partial charge is 0.356 e. The van der Waals surface area contributed by atoms with Crippen molar-refractivity contribution >= 4 is 5.91 Å². The number of rotatable bonds is 4. The van der Waals surface area contributed by atoms with Crippen molar-refractivity contribution in [3.63, 3.8) is 0 Å². The molecule has 4 heteroatoms. The van der Waals surface area contributed by atoms with Crippen molar-refractivity contribution < 1.29 is 4.79 Å². The van der Waals surface area contributed by atoms with E-state index in [9.17, 15) is 4.79 Å². The number of carbonyl (C=O) groups excluding carboxylic acids is 1. The molecule has 1 aromatic carbocycles. The molecule has 1 N–H and O–H groups in total. The molecule has 2 aliphatic carbocycles. The van der Waals surface area contributed by atoms with E-state index in [-0.39, 0.29) is 17.2 Å². The van der Waals surface area contributed by atoms with E-state index < -0.39 is 0 Å². The Hall–Kier alpha value is -1.86. The summed E-state index contributed by atoms with van der Waals surface area (Å²) in [6.07, 6.45) is 6.72. The first-order valence-corrected chi connectivity index (χ1v) is 9.68. The number of nitriles is 1. The Morgan fingerprint density at radius 1 is 1.32 bits per heavy atom. The van der Waals surface area contributed by atoms with Gasteiger partial charge in [-0.1, -0.05) is 24.3 Å². The Kier molecular flexibility index (Phi) is 4.52. The second-order valence-corrected chi connectivity index (χ2v) is 8.05. The highest BCUT2D eigenvalue weighted by Crippen LogP contribution is 2.60. The van der Waals surface area contributed by atoms with Crippen molar-refractivity contribution in [2.45, 2.75) is 43.9 Å². The number of fused-ring (bicyclic) bond motifs is 2. The molecule has 0 unspecified atom stereocenters. The van der Waals surface area contributed by atoms with Crippen LogP contribution in [0.3, 0.4) is 0 Å². The minimum atomic E-state index is 0.134. The highest BCUT2D eigenvalue weighted by atomic mass is 16.2. The van der Waals surface area contributed by atoms with Crippen molar-refractivity contribution in [1.29, 1.82) is 5.26 Å². The molecule has 132 valence electrons. The highest BCUT2D eigenvalue weighted by molar-refractivity contribution is 5.84. The first-order valence-electron chi connectivity index (χ1n) is 9.68. The minimum Gasteiger partial charge on any atom is -0.356 e.